The molecule has 5 heteroatoms. The van der Waals surface area contributed by atoms with Gasteiger partial charge in [-0.15, -0.1) is 0 Å². The smallest absolute Gasteiger partial charge is 0.227 e. The number of nitrogens with zero attached hydrogens (tertiary/aromatic N) is 1. The number of aliphatic hydroxyl groups excluding tert-OH is 1. The highest BCUT2D eigenvalue weighted by molar-refractivity contribution is 9.10. The lowest BCUT2D eigenvalue weighted by atomic mass is 10.1. The lowest BCUT2D eigenvalue weighted by molar-refractivity contribution is 0.275. The molecule has 0 aliphatic heterocycles. The first-order chi connectivity index (χ1) is 9.60. The van der Waals surface area contributed by atoms with Gasteiger partial charge in [0.2, 0.25) is 5.89 Å². The fraction of sp³-hybridized carbons (Fsp3) is 0.133. The molecule has 0 aliphatic rings. The molecule has 1 heterocycles. The van der Waals surface area contributed by atoms with Crippen molar-refractivity contribution in [2.45, 2.75) is 13.5 Å². The topological polar surface area (TPSA) is 66.5 Å². The number of phenols is 1. The molecule has 3 rings (SSSR count). The first kappa shape index (κ1) is 13.1. The fourth-order valence-electron chi connectivity index (χ4n) is 2.09. The first-order valence-electron chi connectivity index (χ1n) is 6.09. The summed E-state index contributed by atoms with van der Waals surface area (Å²) in [4.78, 5) is 4.42. The van der Waals surface area contributed by atoms with Gasteiger partial charge in [-0.25, -0.2) is 4.98 Å². The molecule has 0 unspecified atom stereocenters. The second-order valence-corrected chi connectivity index (χ2v) is 5.39. The molecule has 4 nitrogen and oxygen atoms in total. The highest BCUT2D eigenvalue weighted by Gasteiger charge is 2.14. The van der Waals surface area contributed by atoms with Gasteiger partial charge < -0.3 is 14.6 Å². The van der Waals surface area contributed by atoms with E-state index in [9.17, 15) is 5.11 Å². The van der Waals surface area contributed by atoms with Gasteiger partial charge in [-0.2, -0.15) is 0 Å². The lowest BCUT2D eigenvalue weighted by Crippen LogP contribution is -1.85. The van der Waals surface area contributed by atoms with Gasteiger partial charge in [-0.1, -0.05) is 22.0 Å². The van der Waals surface area contributed by atoms with E-state index < -0.39 is 0 Å². The van der Waals surface area contributed by atoms with Crippen LogP contribution in [0.2, 0.25) is 0 Å². The zero-order valence-electron chi connectivity index (χ0n) is 10.7. The van der Waals surface area contributed by atoms with E-state index in [1.165, 1.54) is 6.07 Å². The van der Waals surface area contributed by atoms with Gasteiger partial charge in [0.15, 0.2) is 5.58 Å². The summed E-state index contributed by atoms with van der Waals surface area (Å²) in [5.74, 6) is 0.502. The maximum Gasteiger partial charge on any atom is 0.227 e. The highest BCUT2D eigenvalue weighted by atomic mass is 79.9. The summed E-state index contributed by atoms with van der Waals surface area (Å²) in [6, 6.07) is 8.91. The Hall–Kier alpha value is -1.85. The van der Waals surface area contributed by atoms with Gasteiger partial charge in [0.25, 0.3) is 0 Å². The third kappa shape index (κ3) is 2.09. The van der Waals surface area contributed by atoms with E-state index in [-0.39, 0.29) is 12.4 Å². The summed E-state index contributed by atoms with van der Waals surface area (Å²) in [5.41, 5.74) is 3.46. The van der Waals surface area contributed by atoms with Gasteiger partial charge in [-0.05, 0) is 30.7 Å². The van der Waals surface area contributed by atoms with Crippen LogP contribution in [-0.2, 0) is 6.61 Å². The molecule has 0 saturated carbocycles. The van der Waals surface area contributed by atoms with Crippen LogP contribution in [0.3, 0.4) is 0 Å². The monoisotopic (exact) mass is 333 g/mol. The van der Waals surface area contributed by atoms with E-state index in [4.69, 9.17) is 9.52 Å². The van der Waals surface area contributed by atoms with E-state index >= 15 is 0 Å². The quantitative estimate of drug-likeness (QED) is 0.749. The van der Waals surface area contributed by atoms with Crippen LogP contribution in [0, 0.1) is 6.92 Å². The van der Waals surface area contributed by atoms with Crippen LogP contribution in [0.4, 0.5) is 0 Å². The Morgan fingerprint density at radius 2 is 2.10 bits per heavy atom. The molecule has 0 spiro atoms. The van der Waals surface area contributed by atoms with Crippen LogP contribution in [0.15, 0.2) is 39.2 Å². The van der Waals surface area contributed by atoms with Gasteiger partial charge in [-0.3, -0.25) is 0 Å². The Bertz CT molecular complexity index is 795. The molecular formula is C15H12BrNO3. The number of halogens is 1. The van der Waals surface area contributed by atoms with E-state index in [1.807, 2.05) is 25.1 Å². The molecule has 0 atom stereocenters. The maximum absolute atomic E-state index is 9.73. The average Bonchev–Trinajstić information content (AvgIpc) is 2.83. The fourth-order valence-corrected chi connectivity index (χ4v) is 2.45. The number of aliphatic hydroxyl groups is 1. The van der Waals surface area contributed by atoms with Gasteiger partial charge in [0.1, 0.15) is 11.3 Å². The number of aromatic hydroxyl groups is 1. The molecule has 20 heavy (non-hydrogen) atoms. The molecule has 102 valence electrons. The minimum Gasteiger partial charge on any atom is -0.507 e. The first-order valence-corrected chi connectivity index (χ1v) is 6.88. The second kappa shape index (κ2) is 4.92. The summed E-state index contributed by atoms with van der Waals surface area (Å²) in [6.07, 6.45) is 0. The molecule has 0 amide bonds. The Balaban J connectivity index is 2.20. The lowest BCUT2D eigenvalue weighted by Gasteiger charge is -2.02. The number of rotatable bonds is 2. The predicted molar refractivity (Wildman–Crippen MR) is 79.5 cm³/mol. The molecule has 3 aromatic rings. The number of hydrogen-bond donors (Lipinski definition) is 2. The minimum absolute atomic E-state index is 0.00802. The molecular weight excluding hydrogens is 322 g/mol. The number of fused-ring (bicyclic) bond motifs is 1. The molecule has 0 radical (unpaired) electrons. The van der Waals surface area contributed by atoms with E-state index in [2.05, 4.69) is 20.9 Å². The molecule has 0 aliphatic carbocycles. The summed E-state index contributed by atoms with van der Waals surface area (Å²) < 4.78 is 6.68. The third-order valence-corrected chi connectivity index (χ3v) is 4.12. The average molecular weight is 334 g/mol. The third-order valence-electron chi connectivity index (χ3n) is 3.26. The predicted octanol–water partition coefficient (Wildman–Crippen LogP) is 3.76. The molecule has 0 bridgehead atoms. The van der Waals surface area contributed by atoms with Gasteiger partial charge in [0, 0.05) is 21.7 Å². The summed E-state index contributed by atoms with van der Waals surface area (Å²) in [6.45, 7) is 1.74. The molecule has 1 aromatic heterocycles. The second-order valence-electron chi connectivity index (χ2n) is 4.54. The zero-order valence-corrected chi connectivity index (χ0v) is 12.3. The van der Waals surface area contributed by atoms with Crippen molar-refractivity contribution in [3.63, 3.8) is 0 Å². The van der Waals surface area contributed by atoms with E-state index in [0.717, 1.165) is 15.6 Å². The SMILES string of the molecule is Cc1c(Br)cccc1-c1nc2cc(CO)c(O)cc2o1. The van der Waals surface area contributed by atoms with Crippen LogP contribution >= 0.6 is 15.9 Å². The largest absolute Gasteiger partial charge is 0.507 e. The molecule has 0 saturated heterocycles. The van der Waals surface area contributed by atoms with Crippen LogP contribution < -0.4 is 0 Å². The molecule has 0 fully saturated rings. The van der Waals surface area contributed by atoms with Crippen molar-refractivity contribution >= 4 is 27.0 Å². The molecule has 2 N–H and O–H groups in total. The molecule has 2 aromatic carbocycles. The van der Waals surface area contributed by atoms with Crippen LogP contribution in [0.1, 0.15) is 11.1 Å². The van der Waals surface area contributed by atoms with Crippen molar-refractivity contribution in [1.82, 2.24) is 4.98 Å². The zero-order chi connectivity index (χ0) is 14.3. The normalized spacial score (nSPS) is 11.2. The minimum atomic E-state index is -0.236. The van der Waals surface area contributed by atoms with Crippen molar-refractivity contribution < 1.29 is 14.6 Å². The number of oxazole rings is 1. The van der Waals surface area contributed by atoms with Crippen molar-refractivity contribution in [1.29, 1.82) is 0 Å². The Morgan fingerprint density at radius 3 is 2.85 bits per heavy atom. The Kier molecular flexibility index (Phi) is 3.23. The highest BCUT2D eigenvalue weighted by Crippen LogP contribution is 2.32. The van der Waals surface area contributed by atoms with Crippen molar-refractivity contribution in [2.75, 3.05) is 0 Å². The summed E-state index contributed by atoms with van der Waals surface area (Å²) >= 11 is 3.48. The Labute approximate surface area is 123 Å². The number of benzene rings is 2. The summed E-state index contributed by atoms with van der Waals surface area (Å²) in [5, 5.41) is 18.9. The van der Waals surface area contributed by atoms with E-state index in [0.29, 0.717) is 22.6 Å². The number of aromatic nitrogens is 1. The van der Waals surface area contributed by atoms with E-state index in [1.54, 1.807) is 6.07 Å². The van der Waals surface area contributed by atoms with Crippen molar-refractivity contribution in [3.05, 3.63) is 45.9 Å². The van der Waals surface area contributed by atoms with Gasteiger partial charge in [0.05, 0.1) is 6.61 Å². The van der Waals surface area contributed by atoms with Crippen molar-refractivity contribution in [3.8, 4) is 17.2 Å². The van der Waals surface area contributed by atoms with Crippen LogP contribution in [0.25, 0.3) is 22.6 Å². The van der Waals surface area contributed by atoms with Gasteiger partial charge >= 0.3 is 0 Å². The number of hydrogen-bond acceptors (Lipinski definition) is 4. The van der Waals surface area contributed by atoms with Crippen LogP contribution in [-0.4, -0.2) is 15.2 Å². The van der Waals surface area contributed by atoms with Crippen molar-refractivity contribution in [2.24, 2.45) is 0 Å². The Morgan fingerprint density at radius 1 is 1.30 bits per heavy atom. The maximum atomic E-state index is 9.73. The standard InChI is InChI=1S/C15H12BrNO3/c1-8-10(3-2-4-11(8)16)15-17-12-5-9(7-18)13(19)6-14(12)20-15/h2-6,18-19H,7H2,1H3. The van der Waals surface area contributed by atoms with Crippen LogP contribution in [0.5, 0.6) is 5.75 Å². The summed E-state index contributed by atoms with van der Waals surface area (Å²) in [7, 11) is 0.